The lowest BCUT2D eigenvalue weighted by atomic mass is 9.96. The molecule has 0 aliphatic carbocycles. The van der Waals surface area contributed by atoms with Gasteiger partial charge in [-0.3, -0.25) is 0 Å². The second-order valence-electron chi connectivity index (χ2n) is 13.6. The molecule has 0 spiro atoms. The van der Waals surface area contributed by atoms with Gasteiger partial charge in [0, 0.05) is 32.3 Å². The first-order valence-corrected chi connectivity index (χ1v) is 19.6. The molecule has 0 aromatic rings. The molecule has 4 heterocycles. The van der Waals surface area contributed by atoms with Crippen LogP contribution in [0.1, 0.15) is 26.2 Å². The van der Waals surface area contributed by atoms with Gasteiger partial charge in [0.25, 0.3) is 5.79 Å². The van der Waals surface area contributed by atoms with E-state index >= 15 is 0 Å². The van der Waals surface area contributed by atoms with Crippen LogP contribution in [-0.2, 0) is 47.4 Å². The number of hydrogen-bond acceptors (Lipinski definition) is 22. The molecule has 4 aliphatic rings. The summed E-state index contributed by atoms with van der Waals surface area (Å²) < 4.78 is 49.3. The lowest BCUT2D eigenvalue weighted by Gasteiger charge is -2.47. The fourth-order valence-corrected chi connectivity index (χ4v) is 7.05. The monoisotopic (exact) mass is 849 g/mol. The molecule has 0 aromatic heterocycles. The maximum Gasteiger partial charge on any atom is 0.407 e. The van der Waals surface area contributed by atoms with Gasteiger partial charge in [-0.15, -0.1) is 0 Å². The zero-order valence-electron chi connectivity index (χ0n) is 31.1. The van der Waals surface area contributed by atoms with Crippen LogP contribution in [0.5, 0.6) is 0 Å². The molecule has 0 aromatic carbocycles. The minimum absolute atomic E-state index is 0.0247. The van der Waals surface area contributed by atoms with E-state index in [-0.39, 0.29) is 19.7 Å². The van der Waals surface area contributed by atoms with E-state index in [2.05, 4.69) is 10.6 Å². The second kappa shape index (κ2) is 22.4. The summed E-state index contributed by atoms with van der Waals surface area (Å²) in [5, 5.41) is 98.1. The number of aliphatic carboxylic acids is 1. The van der Waals surface area contributed by atoms with Crippen LogP contribution < -0.4 is 16.4 Å². The number of carbonyl (C=O) groups is 3. The highest BCUT2D eigenvalue weighted by Crippen LogP contribution is 2.39. The van der Waals surface area contributed by atoms with Crippen LogP contribution in [0.25, 0.3) is 0 Å². The Balaban J connectivity index is 1.33. The standard InChI is InChI=1S/C32H55N3O21S/c1-32(29(44)45)55-25-22(43)24(54-27-21(42)19(40)23(15(12-37)51-27)53-26-20(41)18(39)17(38)14(11-36)50-26)16(52-28(25)56-32)13-49-31(47)35-7-6-34-30(46)48-8-3-2-4-9-57-10-5-33/h14-28,36-43H,2-13,33H2,1H3,(H,34,46)(H,35,47)(H,44,45)/t14?,15?,16?,17-,18-,19+,20?,21?,22-,23-,24-,25?,26-,27-,28-,32-/m0/s1. The van der Waals surface area contributed by atoms with E-state index in [1.165, 1.54) is 0 Å². The number of amides is 2. The molecular weight excluding hydrogens is 794 g/mol. The molecule has 4 saturated heterocycles. The fraction of sp³-hybridized carbons (Fsp3) is 0.906. The Morgan fingerprint density at radius 1 is 0.702 bits per heavy atom. The number of nitrogens with one attached hydrogen (secondary N) is 2. The van der Waals surface area contributed by atoms with Crippen LogP contribution >= 0.6 is 11.8 Å². The molecule has 4 rings (SSSR count). The third-order valence-electron chi connectivity index (χ3n) is 9.43. The van der Waals surface area contributed by atoms with Crippen molar-refractivity contribution in [1.82, 2.24) is 10.6 Å². The third kappa shape index (κ3) is 12.4. The number of aliphatic hydroxyl groups excluding tert-OH is 8. The van der Waals surface area contributed by atoms with E-state index in [0.717, 1.165) is 31.3 Å². The van der Waals surface area contributed by atoms with Crippen LogP contribution in [0.2, 0.25) is 0 Å². The van der Waals surface area contributed by atoms with Gasteiger partial charge >= 0.3 is 18.2 Å². The van der Waals surface area contributed by atoms with Gasteiger partial charge in [-0.05, 0) is 25.0 Å². The molecule has 6 unspecified atom stereocenters. The summed E-state index contributed by atoms with van der Waals surface area (Å²) in [4.78, 5) is 36.3. The number of nitrogens with two attached hydrogens (primary N) is 1. The Kier molecular flexibility index (Phi) is 18.6. The van der Waals surface area contributed by atoms with Crippen molar-refractivity contribution in [2.45, 2.75) is 124 Å². The average molecular weight is 850 g/mol. The molecule has 16 atom stereocenters. The number of carbonyl (C=O) groups excluding carboxylic acids is 2. The van der Waals surface area contributed by atoms with Crippen LogP contribution in [0.15, 0.2) is 0 Å². The zero-order valence-corrected chi connectivity index (χ0v) is 31.9. The molecule has 4 aliphatic heterocycles. The predicted molar refractivity (Wildman–Crippen MR) is 187 cm³/mol. The SMILES string of the molecule is C[C@]1(C(=O)O)OC2[C@@H](OC(COC(=O)NCCNC(=O)OCCCCCSCCN)[C@H](O[C@@H]3OC(CO)[C@H](O[C@@H]4OC(CO)[C@H](O)[C@H](O)C4O)[C@H](O)C3O)[C@@H]2O)O1. The number of fused-ring (bicyclic) bond motifs is 1. The molecule has 0 bridgehead atoms. The van der Waals surface area contributed by atoms with Crippen molar-refractivity contribution >= 4 is 29.9 Å². The quantitative estimate of drug-likeness (QED) is 0.0509. The Morgan fingerprint density at radius 3 is 1.91 bits per heavy atom. The summed E-state index contributed by atoms with van der Waals surface area (Å²) in [6.45, 7) is -0.580. The Labute approximate surface area is 330 Å². The highest BCUT2D eigenvalue weighted by molar-refractivity contribution is 7.99. The summed E-state index contributed by atoms with van der Waals surface area (Å²) in [7, 11) is 0. The number of thioether (sulfide) groups is 1. The van der Waals surface area contributed by atoms with Crippen LogP contribution in [0.4, 0.5) is 9.59 Å². The number of aliphatic hydroxyl groups is 8. The van der Waals surface area contributed by atoms with Crippen LogP contribution in [0, 0.1) is 0 Å². The van der Waals surface area contributed by atoms with E-state index in [1.807, 2.05) is 0 Å². The first-order valence-electron chi connectivity index (χ1n) is 18.4. The summed E-state index contributed by atoms with van der Waals surface area (Å²) in [5.41, 5.74) is 5.45. The molecule has 24 nitrogen and oxygen atoms in total. The topological polar surface area (TPSA) is 366 Å². The smallest absolute Gasteiger partial charge is 0.407 e. The maximum atomic E-state index is 12.6. The first-order chi connectivity index (χ1) is 27.1. The van der Waals surface area contributed by atoms with Gasteiger partial charge in [0.1, 0.15) is 79.9 Å². The molecule has 13 N–H and O–H groups in total. The Morgan fingerprint density at radius 2 is 1.30 bits per heavy atom. The highest BCUT2D eigenvalue weighted by atomic mass is 32.2. The zero-order chi connectivity index (χ0) is 41.9. The average Bonchev–Trinajstić information content (AvgIpc) is 3.55. The molecule has 4 fully saturated rings. The van der Waals surface area contributed by atoms with E-state index in [1.54, 1.807) is 11.8 Å². The van der Waals surface area contributed by atoms with E-state index < -0.39 is 136 Å². The van der Waals surface area contributed by atoms with Gasteiger partial charge in [0.05, 0.1) is 19.8 Å². The van der Waals surface area contributed by atoms with Gasteiger partial charge < -0.3 is 105 Å². The number of carboxylic acids is 1. The van der Waals surface area contributed by atoms with Crippen molar-refractivity contribution < 1.29 is 103 Å². The minimum Gasteiger partial charge on any atom is -0.477 e. The van der Waals surface area contributed by atoms with E-state index in [0.29, 0.717) is 13.0 Å². The number of alkyl carbamates (subject to hydrolysis) is 2. The number of rotatable bonds is 20. The van der Waals surface area contributed by atoms with E-state index in [9.17, 15) is 60.3 Å². The molecule has 330 valence electrons. The van der Waals surface area contributed by atoms with Gasteiger partial charge in [0.2, 0.25) is 0 Å². The molecule has 0 radical (unpaired) electrons. The van der Waals surface area contributed by atoms with Crippen molar-refractivity contribution in [3.63, 3.8) is 0 Å². The molecular formula is C32H55N3O21S. The number of ether oxygens (including phenoxy) is 9. The summed E-state index contributed by atoms with van der Waals surface area (Å²) in [6.07, 6.45) is -24.9. The molecule has 57 heavy (non-hydrogen) atoms. The number of carboxylic acid groups (broad SMARTS) is 1. The van der Waals surface area contributed by atoms with Crippen molar-refractivity contribution in [2.24, 2.45) is 5.73 Å². The van der Waals surface area contributed by atoms with Crippen molar-refractivity contribution in [2.75, 3.05) is 57.6 Å². The first kappa shape index (κ1) is 47.4. The van der Waals surface area contributed by atoms with Gasteiger partial charge in [-0.25, -0.2) is 14.4 Å². The van der Waals surface area contributed by atoms with Crippen molar-refractivity contribution in [3.8, 4) is 0 Å². The van der Waals surface area contributed by atoms with Crippen LogP contribution in [-0.4, -0.2) is 220 Å². The molecule has 2 amide bonds. The summed E-state index contributed by atoms with van der Waals surface area (Å²) in [6, 6.07) is 0. The number of unbranched alkanes of at least 4 members (excludes halogenated alkanes) is 2. The molecule has 25 heteroatoms. The highest BCUT2D eigenvalue weighted by Gasteiger charge is 2.60. The second-order valence-corrected chi connectivity index (χ2v) is 14.9. The maximum absolute atomic E-state index is 12.6. The Bertz CT molecular complexity index is 1280. The summed E-state index contributed by atoms with van der Waals surface area (Å²) in [5.74, 6) is -1.97. The minimum atomic E-state index is -2.28. The normalized spacial score (nSPS) is 39.2. The lowest BCUT2D eigenvalue weighted by molar-refractivity contribution is -0.374. The molecule has 0 saturated carbocycles. The number of hydrogen-bond donors (Lipinski definition) is 12. The largest absolute Gasteiger partial charge is 0.477 e. The predicted octanol–water partition coefficient (Wildman–Crippen LogP) is -5.39. The lowest BCUT2D eigenvalue weighted by Crippen LogP contribution is -2.66. The van der Waals surface area contributed by atoms with Gasteiger partial charge in [-0.1, -0.05) is 0 Å². The Hall–Kier alpha value is -2.28. The van der Waals surface area contributed by atoms with Crippen LogP contribution in [0.3, 0.4) is 0 Å². The van der Waals surface area contributed by atoms with Gasteiger partial charge in [0.15, 0.2) is 18.9 Å². The summed E-state index contributed by atoms with van der Waals surface area (Å²) >= 11 is 1.76. The van der Waals surface area contributed by atoms with Crippen molar-refractivity contribution in [3.05, 3.63) is 0 Å². The third-order valence-corrected chi connectivity index (χ3v) is 10.5. The van der Waals surface area contributed by atoms with Gasteiger partial charge in [-0.2, -0.15) is 11.8 Å². The van der Waals surface area contributed by atoms with Crippen molar-refractivity contribution in [1.29, 1.82) is 0 Å². The van der Waals surface area contributed by atoms with E-state index in [4.69, 9.17) is 48.4 Å². The fourth-order valence-electron chi connectivity index (χ4n) is 6.27.